The number of carboxylic acid groups (broad SMARTS) is 1. The lowest BCUT2D eigenvalue weighted by atomic mass is 9.79. The minimum Gasteiger partial charge on any atom is -0.481 e. The number of benzene rings is 1. The Bertz CT molecular complexity index is 475. The van der Waals surface area contributed by atoms with E-state index in [-0.39, 0.29) is 0 Å². The first-order valence-corrected chi connectivity index (χ1v) is 6.27. The number of methoxy groups -OCH3 is 1. The molecule has 19 heavy (non-hydrogen) atoms. The maximum absolute atomic E-state index is 11.5. The number of rotatable bonds is 3. The number of nitrogens with one attached hydrogen (secondary N) is 1. The van der Waals surface area contributed by atoms with Gasteiger partial charge in [0.1, 0.15) is 0 Å². The second-order valence-electron chi connectivity index (χ2n) is 4.79. The van der Waals surface area contributed by atoms with E-state index in [1.54, 1.807) is 24.3 Å². The maximum atomic E-state index is 11.5. The summed E-state index contributed by atoms with van der Waals surface area (Å²) >= 11 is 0. The number of ether oxygens (including phenoxy) is 1. The highest BCUT2D eigenvalue weighted by molar-refractivity contribution is 5.85. The Balaban J connectivity index is 2.21. The number of hydrogen-bond donors (Lipinski definition) is 2. The number of carbonyl (C=O) groups excluding carboxylic acids is 1. The van der Waals surface area contributed by atoms with Gasteiger partial charge in [0, 0.05) is 5.69 Å². The molecule has 0 unspecified atom stereocenters. The third-order valence-electron chi connectivity index (χ3n) is 3.74. The van der Waals surface area contributed by atoms with Gasteiger partial charge < -0.3 is 9.84 Å². The van der Waals surface area contributed by atoms with Crippen molar-refractivity contribution < 1.29 is 19.4 Å². The highest BCUT2D eigenvalue weighted by atomic mass is 16.5. The molecule has 2 N–H and O–H groups in total. The fraction of sp³-hybridized carbons (Fsp3) is 0.429. The molecule has 1 fully saturated rings. The first-order valence-electron chi connectivity index (χ1n) is 6.27. The normalized spacial score (nSPS) is 16.9. The van der Waals surface area contributed by atoms with E-state index >= 15 is 0 Å². The Labute approximate surface area is 111 Å². The van der Waals surface area contributed by atoms with E-state index in [1.165, 1.54) is 7.11 Å². The fourth-order valence-electron chi connectivity index (χ4n) is 2.65. The van der Waals surface area contributed by atoms with Gasteiger partial charge in [0.2, 0.25) is 0 Å². The second kappa shape index (κ2) is 5.30. The minimum absolute atomic E-state index is 0.540. The Morgan fingerprint density at radius 2 is 1.79 bits per heavy atom. The van der Waals surface area contributed by atoms with Crippen molar-refractivity contribution in [2.45, 2.75) is 31.1 Å². The van der Waals surface area contributed by atoms with Gasteiger partial charge in [0.25, 0.3) is 0 Å². The number of carbonyl (C=O) groups is 2. The van der Waals surface area contributed by atoms with Crippen LogP contribution in [0.15, 0.2) is 24.3 Å². The van der Waals surface area contributed by atoms with Crippen LogP contribution in [-0.4, -0.2) is 24.3 Å². The molecule has 5 nitrogen and oxygen atoms in total. The van der Waals surface area contributed by atoms with Crippen molar-refractivity contribution in [3.05, 3.63) is 29.8 Å². The van der Waals surface area contributed by atoms with Crippen molar-refractivity contribution in [1.29, 1.82) is 0 Å². The van der Waals surface area contributed by atoms with Crippen molar-refractivity contribution in [3.63, 3.8) is 0 Å². The summed E-state index contributed by atoms with van der Waals surface area (Å²) in [6.07, 6.45) is 2.68. The molecule has 1 aliphatic carbocycles. The predicted molar refractivity (Wildman–Crippen MR) is 70.3 cm³/mol. The van der Waals surface area contributed by atoms with Gasteiger partial charge in [-0.05, 0) is 30.5 Å². The third kappa shape index (κ3) is 2.54. The summed E-state index contributed by atoms with van der Waals surface area (Å²) in [7, 11) is 1.29. The minimum atomic E-state index is -0.765. The molecule has 0 atom stereocenters. The van der Waals surface area contributed by atoms with Crippen LogP contribution in [0.2, 0.25) is 0 Å². The lowest BCUT2D eigenvalue weighted by Crippen LogP contribution is -2.32. The Kier molecular flexibility index (Phi) is 3.74. The Morgan fingerprint density at radius 3 is 2.26 bits per heavy atom. The molecule has 5 heteroatoms. The van der Waals surface area contributed by atoms with E-state index in [2.05, 4.69) is 10.1 Å². The molecule has 1 aromatic carbocycles. The van der Waals surface area contributed by atoms with Crippen LogP contribution in [0.5, 0.6) is 0 Å². The zero-order valence-electron chi connectivity index (χ0n) is 10.8. The zero-order valence-corrected chi connectivity index (χ0v) is 10.8. The number of amides is 1. The second-order valence-corrected chi connectivity index (χ2v) is 4.79. The van der Waals surface area contributed by atoms with Crippen molar-refractivity contribution >= 4 is 17.7 Å². The molecule has 1 saturated carbocycles. The van der Waals surface area contributed by atoms with Crippen molar-refractivity contribution in [1.82, 2.24) is 0 Å². The third-order valence-corrected chi connectivity index (χ3v) is 3.74. The molecule has 0 radical (unpaired) electrons. The van der Waals surface area contributed by atoms with Gasteiger partial charge in [-0.2, -0.15) is 0 Å². The summed E-state index contributed by atoms with van der Waals surface area (Å²) in [6.45, 7) is 0. The van der Waals surface area contributed by atoms with E-state index < -0.39 is 17.5 Å². The molecular formula is C14H17NO4. The topological polar surface area (TPSA) is 75.6 Å². The van der Waals surface area contributed by atoms with Gasteiger partial charge in [-0.15, -0.1) is 0 Å². The molecule has 0 aliphatic heterocycles. The first-order chi connectivity index (χ1) is 9.08. The number of anilines is 1. The van der Waals surface area contributed by atoms with E-state index in [1.807, 2.05) is 0 Å². The van der Waals surface area contributed by atoms with Crippen LogP contribution in [0.4, 0.5) is 10.5 Å². The van der Waals surface area contributed by atoms with Crippen LogP contribution in [-0.2, 0) is 14.9 Å². The van der Waals surface area contributed by atoms with Crippen LogP contribution in [0, 0.1) is 0 Å². The van der Waals surface area contributed by atoms with E-state index in [0.717, 1.165) is 18.4 Å². The molecule has 0 heterocycles. The van der Waals surface area contributed by atoms with Crippen LogP contribution in [0.1, 0.15) is 31.2 Å². The van der Waals surface area contributed by atoms with E-state index in [4.69, 9.17) is 0 Å². The van der Waals surface area contributed by atoms with Gasteiger partial charge >= 0.3 is 12.1 Å². The van der Waals surface area contributed by atoms with E-state index in [0.29, 0.717) is 18.5 Å². The lowest BCUT2D eigenvalue weighted by molar-refractivity contribution is -0.143. The smallest absolute Gasteiger partial charge is 0.411 e. The average molecular weight is 263 g/mol. The molecule has 0 saturated heterocycles. The van der Waals surface area contributed by atoms with Crippen LogP contribution >= 0.6 is 0 Å². The molecule has 1 aliphatic rings. The molecule has 2 rings (SSSR count). The van der Waals surface area contributed by atoms with Crippen molar-refractivity contribution in [2.75, 3.05) is 12.4 Å². The van der Waals surface area contributed by atoms with Crippen molar-refractivity contribution in [3.8, 4) is 0 Å². The number of carboxylic acids is 1. The van der Waals surface area contributed by atoms with Gasteiger partial charge in [-0.1, -0.05) is 25.0 Å². The number of aliphatic carboxylic acids is 1. The summed E-state index contributed by atoms with van der Waals surface area (Å²) in [5.41, 5.74) is 0.631. The quantitative estimate of drug-likeness (QED) is 0.879. The molecule has 0 aromatic heterocycles. The van der Waals surface area contributed by atoms with Gasteiger partial charge in [0.15, 0.2) is 0 Å². The Morgan fingerprint density at radius 1 is 1.21 bits per heavy atom. The van der Waals surface area contributed by atoms with Crippen molar-refractivity contribution in [2.24, 2.45) is 0 Å². The summed E-state index contributed by atoms with van der Waals surface area (Å²) < 4.78 is 4.50. The highest BCUT2D eigenvalue weighted by Crippen LogP contribution is 2.41. The lowest BCUT2D eigenvalue weighted by Gasteiger charge is -2.24. The predicted octanol–water partition coefficient (Wildman–Crippen LogP) is 2.76. The summed E-state index contributed by atoms with van der Waals surface area (Å²) in [4.78, 5) is 22.6. The molecular weight excluding hydrogens is 246 g/mol. The van der Waals surface area contributed by atoms with Gasteiger partial charge in [-0.3, -0.25) is 10.1 Å². The first kappa shape index (κ1) is 13.4. The van der Waals surface area contributed by atoms with Gasteiger partial charge in [-0.25, -0.2) is 4.79 Å². The summed E-state index contributed by atoms with van der Waals surface area (Å²) in [5.74, 6) is -0.765. The molecule has 1 amide bonds. The molecule has 1 aromatic rings. The largest absolute Gasteiger partial charge is 0.481 e. The molecule has 0 spiro atoms. The standard InChI is InChI=1S/C14H17NO4/c1-19-13(18)15-11-6-4-10(5-7-11)14(12(16)17)8-2-3-9-14/h4-7H,2-3,8-9H2,1H3,(H,15,18)(H,16,17). The fourth-order valence-corrected chi connectivity index (χ4v) is 2.65. The van der Waals surface area contributed by atoms with Gasteiger partial charge in [0.05, 0.1) is 12.5 Å². The highest BCUT2D eigenvalue weighted by Gasteiger charge is 2.42. The molecule has 0 bridgehead atoms. The van der Waals surface area contributed by atoms with Crippen LogP contribution in [0.25, 0.3) is 0 Å². The number of hydrogen-bond acceptors (Lipinski definition) is 3. The SMILES string of the molecule is COC(=O)Nc1ccc(C2(C(=O)O)CCCC2)cc1. The van der Waals surface area contributed by atoms with Crippen LogP contribution in [0.3, 0.4) is 0 Å². The average Bonchev–Trinajstić information content (AvgIpc) is 2.90. The van der Waals surface area contributed by atoms with Crippen LogP contribution < -0.4 is 5.32 Å². The monoisotopic (exact) mass is 263 g/mol. The molecule has 102 valence electrons. The summed E-state index contributed by atoms with van der Waals surface area (Å²) in [5, 5.41) is 12.0. The zero-order chi connectivity index (χ0) is 13.9. The van der Waals surface area contributed by atoms with E-state index in [9.17, 15) is 14.7 Å². The summed E-state index contributed by atoms with van der Waals surface area (Å²) in [6, 6.07) is 6.94. The maximum Gasteiger partial charge on any atom is 0.411 e. The Hall–Kier alpha value is -2.04.